The molecule has 80 valence electrons. The Morgan fingerprint density at radius 1 is 1.00 bits per heavy atom. The number of phenolic OH excluding ortho intramolecular Hbond substituents is 1. The molecule has 0 bridgehead atoms. The van der Waals surface area contributed by atoms with Crippen molar-refractivity contribution in [3.8, 4) is 5.75 Å². The van der Waals surface area contributed by atoms with Gasteiger partial charge in [-0.3, -0.25) is 0 Å². The molecular formula is C12H8O2S2. The molecule has 1 N–H and O–H groups in total. The summed E-state index contributed by atoms with van der Waals surface area (Å²) in [7, 11) is 0. The van der Waals surface area contributed by atoms with Crippen LogP contribution in [0.3, 0.4) is 0 Å². The predicted octanol–water partition coefficient (Wildman–Crippen LogP) is 3.87. The van der Waals surface area contributed by atoms with Crippen LogP contribution in [-0.2, 0) is 0 Å². The van der Waals surface area contributed by atoms with Crippen LogP contribution in [0.15, 0.2) is 44.5 Å². The standard InChI is InChI=1S/C12H8O2S2/c13-6-1-3-9-8(5-6)7-2-4-10(15)12(16)11(7)14-9/h1-5,13,15-16H. The minimum absolute atomic E-state index is 0.228. The van der Waals surface area contributed by atoms with Crippen LogP contribution in [0.1, 0.15) is 0 Å². The molecule has 3 aromatic rings. The van der Waals surface area contributed by atoms with Crippen LogP contribution in [-0.4, -0.2) is 5.11 Å². The highest BCUT2D eigenvalue weighted by atomic mass is 32.1. The number of phenols is 1. The summed E-state index contributed by atoms with van der Waals surface area (Å²) in [5.74, 6) is 0.228. The normalized spacial score (nSPS) is 11.4. The van der Waals surface area contributed by atoms with E-state index in [0.717, 1.165) is 26.1 Å². The average molecular weight is 248 g/mol. The monoisotopic (exact) mass is 248 g/mol. The summed E-state index contributed by atoms with van der Waals surface area (Å²) in [5, 5.41) is 11.3. The Labute approximate surface area is 103 Å². The second-order valence-corrected chi connectivity index (χ2v) is 4.52. The van der Waals surface area contributed by atoms with E-state index in [4.69, 9.17) is 4.42 Å². The lowest BCUT2D eigenvalue weighted by Crippen LogP contribution is -1.72. The lowest BCUT2D eigenvalue weighted by atomic mass is 10.1. The van der Waals surface area contributed by atoms with Crippen LogP contribution in [0.2, 0.25) is 0 Å². The molecule has 0 saturated heterocycles. The first kappa shape index (κ1) is 9.93. The lowest BCUT2D eigenvalue weighted by molar-refractivity contribution is 0.476. The van der Waals surface area contributed by atoms with Crippen molar-refractivity contribution >= 4 is 47.2 Å². The Morgan fingerprint density at radius 3 is 2.62 bits per heavy atom. The molecule has 0 radical (unpaired) electrons. The minimum atomic E-state index is 0.228. The second-order valence-electron chi connectivity index (χ2n) is 3.59. The van der Waals surface area contributed by atoms with E-state index < -0.39 is 0 Å². The van der Waals surface area contributed by atoms with E-state index >= 15 is 0 Å². The molecule has 0 saturated carbocycles. The highest BCUT2D eigenvalue weighted by molar-refractivity contribution is 7.83. The van der Waals surface area contributed by atoms with E-state index in [1.807, 2.05) is 12.1 Å². The Hall–Kier alpha value is -1.26. The van der Waals surface area contributed by atoms with Crippen LogP contribution in [0.4, 0.5) is 0 Å². The molecular weight excluding hydrogens is 240 g/mol. The van der Waals surface area contributed by atoms with Gasteiger partial charge in [0.15, 0.2) is 0 Å². The molecule has 1 heterocycles. The number of thiol groups is 2. The summed E-state index contributed by atoms with van der Waals surface area (Å²) in [6, 6.07) is 8.82. The first-order valence-electron chi connectivity index (χ1n) is 4.73. The van der Waals surface area contributed by atoms with E-state index in [-0.39, 0.29) is 5.75 Å². The maximum absolute atomic E-state index is 9.46. The molecule has 0 aliphatic rings. The van der Waals surface area contributed by atoms with E-state index in [9.17, 15) is 5.11 Å². The molecule has 2 aromatic carbocycles. The summed E-state index contributed by atoms with van der Waals surface area (Å²) in [5.41, 5.74) is 1.44. The first-order chi connectivity index (χ1) is 7.66. The summed E-state index contributed by atoms with van der Waals surface area (Å²) < 4.78 is 5.68. The zero-order valence-corrected chi connectivity index (χ0v) is 9.93. The van der Waals surface area contributed by atoms with Crippen LogP contribution < -0.4 is 0 Å². The number of fused-ring (bicyclic) bond motifs is 3. The lowest BCUT2D eigenvalue weighted by Gasteiger charge is -1.97. The van der Waals surface area contributed by atoms with Crippen molar-refractivity contribution in [2.75, 3.05) is 0 Å². The van der Waals surface area contributed by atoms with Gasteiger partial charge in [0.25, 0.3) is 0 Å². The minimum Gasteiger partial charge on any atom is -0.508 e. The summed E-state index contributed by atoms with van der Waals surface area (Å²) in [6.07, 6.45) is 0. The van der Waals surface area contributed by atoms with Crippen molar-refractivity contribution in [2.24, 2.45) is 0 Å². The zero-order chi connectivity index (χ0) is 11.3. The number of benzene rings is 2. The molecule has 0 spiro atoms. The third-order valence-corrected chi connectivity index (χ3v) is 3.57. The molecule has 0 unspecified atom stereocenters. The van der Waals surface area contributed by atoms with Crippen molar-refractivity contribution in [1.29, 1.82) is 0 Å². The number of furan rings is 1. The van der Waals surface area contributed by atoms with Crippen molar-refractivity contribution in [3.05, 3.63) is 30.3 Å². The highest BCUT2D eigenvalue weighted by Gasteiger charge is 2.11. The molecule has 0 atom stereocenters. The van der Waals surface area contributed by atoms with Crippen LogP contribution in [0, 0.1) is 0 Å². The van der Waals surface area contributed by atoms with Crippen molar-refractivity contribution in [1.82, 2.24) is 0 Å². The Kier molecular flexibility index (Phi) is 2.09. The number of aromatic hydroxyl groups is 1. The van der Waals surface area contributed by atoms with E-state index in [1.54, 1.807) is 18.2 Å². The second kappa shape index (κ2) is 3.37. The van der Waals surface area contributed by atoms with Crippen molar-refractivity contribution in [3.63, 3.8) is 0 Å². The summed E-state index contributed by atoms with van der Waals surface area (Å²) >= 11 is 8.66. The zero-order valence-electron chi connectivity index (χ0n) is 8.14. The molecule has 0 fully saturated rings. The third-order valence-electron chi connectivity index (χ3n) is 2.58. The van der Waals surface area contributed by atoms with Gasteiger partial charge in [-0.15, -0.1) is 25.3 Å². The van der Waals surface area contributed by atoms with Crippen LogP contribution in [0.5, 0.6) is 5.75 Å². The van der Waals surface area contributed by atoms with E-state index in [2.05, 4.69) is 25.3 Å². The maximum atomic E-state index is 9.46. The van der Waals surface area contributed by atoms with Gasteiger partial charge in [-0.05, 0) is 30.3 Å². The molecule has 2 nitrogen and oxygen atoms in total. The van der Waals surface area contributed by atoms with Gasteiger partial charge in [0, 0.05) is 15.7 Å². The van der Waals surface area contributed by atoms with Gasteiger partial charge < -0.3 is 9.52 Å². The third kappa shape index (κ3) is 1.30. The SMILES string of the molecule is Oc1ccc2oc3c(S)c(S)ccc3c2c1. The van der Waals surface area contributed by atoms with Gasteiger partial charge >= 0.3 is 0 Å². The Balaban J connectivity index is 2.56. The molecule has 0 amide bonds. The molecule has 0 aliphatic heterocycles. The summed E-state index contributed by atoms with van der Waals surface area (Å²) in [6.45, 7) is 0. The topological polar surface area (TPSA) is 33.4 Å². The fourth-order valence-corrected chi connectivity index (χ4v) is 2.22. The van der Waals surface area contributed by atoms with Gasteiger partial charge in [0.05, 0.1) is 4.90 Å². The quantitative estimate of drug-likeness (QED) is 0.528. The van der Waals surface area contributed by atoms with Crippen molar-refractivity contribution in [2.45, 2.75) is 9.79 Å². The van der Waals surface area contributed by atoms with Gasteiger partial charge in [-0.1, -0.05) is 0 Å². The molecule has 1 aromatic heterocycles. The molecule has 4 heteroatoms. The van der Waals surface area contributed by atoms with Crippen LogP contribution in [0.25, 0.3) is 21.9 Å². The largest absolute Gasteiger partial charge is 0.508 e. The Bertz CT molecular complexity index is 701. The van der Waals surface area contributed by atoms with Gasteiger partial charge in [-0.2, -0.15) is 0 Å². The number of hydrogen-bond donors (Lipinski definition) is 3. The van der Waals surface area contributed by atoms with E-state index in [0.29, 0.717) is 5.58 Å². The van der Waals surface area contributed by atoms with Gasteiger partial charge in [0.1, 0.15) is 16.9 Å². The Morgan fingerprint density at radius 2 is 1.81 bits per heavy atom. The van der Waals surface area contributed by atoms with Crippen LogP contribution >= 0.6 is 25.3 Å². The molecule has 0 aliphatic carbocycles. The molecule has 3 rings (SSSR count). The van der Waals surface area contributed by atoms with Gasteiger partial charge in [0.2, 0.25) is 0 Å². The first-order valence-corrected chi connectivity index (χ1v) is 5.62. The summed E-state index contributed by atoms with van der Waals surface area (Å²) in [4.78, 5) is 1.50. The number of rotatable bonds is 0. The predicted molar refractivity (Wildman–Crippen MR) is 69.9 cm³/mol. The number of hydrogen-bond acceptors (Lipinski definition) is 4. The van der Waals surface area contributed by atoms with Crippen molar-refractivity contribution < 1.29 is 9.52 Å². The van der Waals surface area contributed by atoms with E-state index in [1.165, 1.54) is 0 Å². The maximum Gasteiger partial charge on any atom is 0.149 e. The average Bonchev–Trinajstić information content (AvgIpc) is 2.62. The smallest absolute Gasteiger partial charge is 0.149 e. The highest BCUT2D eigenvalue weighted by Crippen LogP contribution is 2.36. The fraction of sp³-hybridized carbons (Fsp3) is 0. The van der Waals surface area contributed by atoms with Gasteiger partial charge in [-0.25, -0.2) is 0 Å². The fourth-order valence-electron chi connectivity index (χ4n) is 1.80. The molecule has 16 heavy (non-hydrogen) atoms.